The van der Waals surface area contributed by atoms with Crippen LogP contribution in [0.2, 0.25) is 0 Å². The maximum atomic E-state index is 3.38. The molecule has 0 rings (SSSR count). The predicted octanol–water partition coefficient (Wildman–Crippen LogP) is 0.307. The molecule has 0 fully saturated rings. The lowest BCUT2D eigenvalue weighted by Gasteiger charge is -2.24. The van der Waals surface area contributed by atoms with E-state index < -0.39 is 9.12 Å². The molecular formula is C9H25N3Si. The molecular weight excluding hydrogens is 178 g/mol. The number of rotatable bonds is 8. The average molecular weight is 203 g/mol. The smallest absolute Gasteiger partial charge is 0.198 e. The molecule has 0 aromatic carbocycles. The Hall–Kier alpha value is 0.0969. The molecule has 0 saturated heterocycles. The van der Waals surface area contributed by atoms with E-state index in [1.54, 1.807) is 0 Å². The first-order chi connectivity index (χ1) is 6.28. The second kappa shape index (κ2) is 8.68. The van der Waals surface area contributed by atoms with E-state index in [0.29, 0.717) is 0 Å². The maximum absolute atomic E-state index is 3.38. The van der Waals surface area contributed by atoms with E-state index in [1.807, 2.05) is 0 Å². The van der Waals surface area contributed by atoms with Crippen LogP contribution in [-0.2, 0) is 0 Å². The van der Waals surface area contributed by atoms with E-state index in [9.17, 15) is 0 Å². The van der Waals surface area contributed by atoms with Crippen molar-refractivity contribution in [2.45, 2.75) is 26.7 Å². The van der Waals surface area contributed by atoms with Crippen molar-refractivity contribution in [3.63, 3.8) is 0 Å². The maximum Gasteiger partial charge on any atom is 0.198 e. The number of nitrogens with one attached hydrogen (secondary N) is 2. The van der Waals surface area contributed by atoms with Crippen molar-refractivity contribution in [3.05, 3.63) is 0 Å². The standard InChI is InChI=1S/C9H25N3Si/c1-5-7-8-12(6-2)9-13(10-3)11-4/h10-11,13H,5-9H2,1-4H3. The summed E-state index contributed by atoms with van der Waals surface area (Å²) in [6.45, 7) is 6.91. The van der Waals surface area contributed by atoms with E-state index in [1.165, 1.54) is 32.1 Å². The second-order valence-electron chi connectivity index (χ2n) is 3.38. The zero-order chi connectivity index (χ0) is 10.1. The van der Waals surface area contributed by atoms with Gasteiger partial charge in [-0.25, -0.2) is 0 Å². The molecule has 4 heteroatoms. The van der Waals surface area contributed by atoms with Crippen LogP contribution in [0.5, 0.6) is 0 Å². The van der Waals surface area contributed by atoms with Gasteiger partial charge in [0.1, 0.15) is 0 Å². The molecule has 80 valence electrons. The Bertz CT molecular complexity index is 107. The van der Waals surface area contributed by atoms with Gasteiger partial charge >= 0.3 is 0 Å². The summed E-state index contributed by atoms with van der Waals surface area (Å²) in [5, 5.41) is 0. The van der Waals surface area contributed by atoms with Crippen molar-refractivity contribution in [1.82, 2.24) is 14.9 Å². The van der Waals surface area contributed by atoms with Crippen LogP contribution in [0.3, 0.4) is 0 Å². The van der Waals surface area contributed by atoms with Crippen molar-refractivity contribution >= 4 is 9.12 Å². The van der Waals surface area contributed by atoms with Gasteiger partial charge in [-0.15, -0.1) is 0 Å². The van der Waals surface area contributed by atoms with E-state index >= 15 is 0 Å². The average Bonchev–Trinajstić information content (AvgIpc) is 2.19. The topological polar surface area (TPSA) is 27.3 Å². The van der Waals surface area contributed by atoms with Gasteiger partial charge in [0.05, 0.1) is 0 Å². The first-order valence-electron chi connectivity index (χ1n) is 5.35. The molecule has 0 aliphatic carbocycles. The normalized spacial score (nSPS) is 11.5. The Labute approximate surface area is 84.7 Å². The fourth-order valence-corrected chi connectivity index (χ4v) is 2.96. The highest BCUT2D eigenvalue weighted by Crippen LogP contribution is 1.94. The first kappa shape index (κ1) is 13.1. The summed E-state index contributed by atoms with van der Waals surface area (Å²) in [6.07, 6.45) is 3.84. The van der Waals surface area contributed by atoms with Crippen LogP contribution in [0.4, 0.5) is 0 Å². The van der Waals surface area contributed by atoms with Crippen LogP contribution in [0.25, 0.3) is 0 Å². The highest BCUT2D eigenvalue weighted by Gasteiger charge is 2.10. The van der Waals surface area contributed by atoms with Gasteiger partial charge in [0.15, 0.2) is 9.12 Å². The molecule has 3 nitrogen and oxygen atoms in total. The third-order valence-electron chi connectivity index (χ3n) is 2.41. The minimum Gasteiger partial charge on any atom is -0.330 e. The fourth-order valence-electron chi connectivity index (χ4n) is 1.35. The number of hydrogen-bond acceptors (Lipinski definition) is 3. The summed E-state index contributed by atoms with van der Waals surface area (Å²) >= 11 is 0. The van der Waals surface area contributed by atoms with Gasteiger partial charge in [-0.3, -0.25) is 0 Å². The van der Waals surface area contributed by atoms with Crippen LogP contribution in [-0.4, -0.2) is 47.4 Å². The van der Waals surface area contributed by atoms with E-state index in [2.05, 4.69) is 42.8 Å². The molecule has 2 N–H and O–H groups in total. The van der Waals surface area contributed by atoms with Crippen LogP contribution < -0.4 is 9.96 Å². The molecule has 0 saturated carbocycles. The van der Waals surface area contributed by atoms with Gasteiger partial charge in [0.2, 0.25) is 0 Å². The van der Waals surface area contributed by atoms with Gasteiger partial charge in [0, 0.05) is 6.17 Å². The summed E-state index contributed by atoms with van der Waals surface area (Å²) in [5.41, 5.74) is 0. The first-order valence-corrected chi connectivity index (χ1v) is 7.32. The molecule has 0 aliphatic rings. The minimum atomic E-state index is -0.884. The lowest BCUT2D eigenvalue weighted by molar-refractivity contribution is 0.322. The highest BCUT2D eigenvalue weighted by molar-refractivity contribution is 6.53. The number of unbranched alkanes of at least 4 members (excludes halogenated alkanes) is 1. The number of hydrogen-bond donors (Lipinski definition) is 2. The lowest BCUT2D eigenvalue weighted by atomic mass is 10.3. The largest absolute Gasteiger partial charge is 0.330 e. The molecule has 13 heavy (non-hydrogen) atoms. The van der Waals surface area contributed by atoms with Gasteiger partial charge in [-0.05, 0) is 33.6 Å². The van der Waals surface area contributed by atoms with Crippen LogP contribution >= 0.6 is 0 Å². The quantitative estimate of drug-likeness (QED) is 0.556. The molecule has 0 radical (unpaired) electrons. The Morgan fingerprint density at radius 2 is 1.77 bits per heavy atom. The van der Waals surface area contributed by atoms with Crippen molar-refractivity contribution < 1.29 is 0 Å². The summed E-state index contributed by atoms with van der Waals surface area (Å²) in [5.74, 6) is 0. The lowest BCUT2D eigenvalue weighted by Crippen LogP contribution is -2.52. The molecule has 0 atom stereocenters. The third-order valence-corrected chi connectivity index (χ3v) is 4.69. The molecule has 0 aromatic heterocycles. The van der Waals surface area contributed by atoms with Crippen LogP contribution in [0, 0.1) is 0 Å². The summed E-state index contributed by atoms with van der Waals surface area (Å²) < 4.78 is 0. The molecule has 0 aliphatic heterocycles. The molecule has 0 spiro atoms. The fraction of sp³-hybridized carbons (Fsp3) is 1.00. The summed E-state index contributed by atoms with van der Waals surface area (Å²) in [4.78, 5) is 9.29. The van der Waals surface area contributed by atoms with Crippen molar-refractivity contribution in [1.29, 1.82) is 0 Å². The molecule has 0 unspecified atom stereocenters. The van der Waals surface area contributed by atoms with E-state index in [-0.39, 0.29) is 0 Å². The summed E-state index contributed by atoms with van der Waals surface area (Å²) in [6, 6.07) is 0. The minimum absolute atomic E-state index is 0.884. The van der Waals surface area contributed by atoms with Gasteiger partial charge < -0.3 is 14.9 Å². The zero-order valence-electron chi connectivity index (χ0n) is 9.56. The molecule has 0 heterocycles. The van der Waals surface area contributed by atoms with Gasteiger partial charge in [0.25, 0.3) is 0 Å². The highest BCUT2D eigenvalue weighted by atomic mass is 28.3. The van der Waals surface area contributed by atoms with Crippen molar-refractivity contribution in [2.75, 3.05) is 33.4 Å². The molecule has 0 amide bonds. The Kier molecular flexibility index (Phi) is 8.75. The van der Waals surface area contributed by atoms with Crippen molar-refractivity contribution in [2.24, 2.45) is 0 Å². The Morgan fingerprint density at radius 1 is 1.15 bits per heavy atom. The van der Waals surface area contributed by atoms with Gasteiger partial charge in [-0.2, -0.15) is 0 Å². The van der Waals surface area contributed by atoms with Crippen molar-refractivity contribution in [3.8, 4) is 0 Å². The van der Waals surface area contributed by atoms with Gasteiger partial charge in [-0.1, -0.05) is 20.3 Å². The van der Waals surface area contributed by atoms with E-state index in [0.717, 1.165) is 0 Å². The SMILES string of the molecule is CCCCN(CC)C[SiH](NC)NC. The Balaban J connectivity index is 3.67. The van der Waals surface area contributed by atoms with Crippen LogP contribution in [0.15, 0.2) is 0 Å². The van der Waals surface area contributed by atoms with Crippen LogP contribution in [0.1, 0.15) is 26.7 Å². The molecule has 0 bridgehead atoms. The number of nitrogens with zero attached hydrogens (tertiary/aromatic N) is 1. The molecule has 0 aromatic rings. The Morgan fingerprint density at radius 3 is 2.15 bits per heavy atom. The third kappa shape index (κ3) is 6.21. The predicted molar refractivity (Wildman–Crippen MR) is 62.3 cm³/mol. The second-order valence-corrected chi connectivity index (χ2v) is 6.00. The van der Waals surface area contributed by atoms with E-state index in [4.69, 9.17) is 0 Å². The summed E-state index contributed by atoms with van der Waals surface area (Å²) in [7, 11) is 3.23. The monoisotopic (exact) mass is 203 g/mol. The zero-order valence-corrected chi connectivity index (χ0v) is 10.7.